The Morgan fingerprint density at radius 1 is 1.22 bits per heavy atom. The third-order valence-corrected chi connectivity index (χ3v) is 5.08. The molecule has 3 rings (SSSR count). The Bertz CT molecular complexity index is 744. The van der Waals surface area contributed by atoms with Crippen molar-refractivity contribution >= 4 is 27.3 Å². The van der Waals surface area contributed by atoms with Crippen molar-refractivity contribution in [3.05, 3.63) is 68.1 Å². The first-order chi connectivity index (χ1) is 10.8. The quantitative estimate of drug-likeness (QED) is 0.796. The van der Waals surface area contributed by atoms with Gasteiger partial charge in [0.25, 0.3) is 0 Å². The number of halogens is 4. The Balaban J connectivity index is 1.88. The van der Waals surface area contributed by atoms with Crippen molar-refractivity contribution in [2.45, 2.75) is 18.8 Å². The number of thiophene rings is 1. The fourth-order valence-electron chi connectivity index (χ4n) is 2.41. The molecule has 0 fully saturated rings. The van der Waals surface area contributed by atoms with E-state index in [1.54, 1.807) is 12.1 Å². The molecule has 0 radical (unpaired) electrons. The fourth-order valence-corrected chi connectivity index (χ4v) is 3.90. The standard InChI is InChI=1S/C15H12BrF3N2OS/c16-13-6-5-12(23-13)11-7-14(20)22-21(11)8-9-3-1-2-4-10(9)15(17,18)19/h1-7,11H,8,20H2. The predicted octanol–water partition coefficient (Wildman–Crippen LogP) is 4.82. The lowest BCUT2D eigenvalue weighted by Gasteiger charge is -2.23. The van der Waals surface area contributed by atoms with Crippen LogP contribution in [0.15, 0.2) is 52.1 Å². The van der Waals surface area contributed by atoms with Gasteiger partial charge in [-0.05, 0) is 39.7 Å². The molecule has 0 saturated heterocycles. The van der Waals surface area contributed by atoms with Gasteiger partial charge in [0.2, 0.25) is 5.88 Å². The van der Waals surface area contributed by atoms with E-state index in [-0.39, 0.29) is 24.0 Å². The maximum Gasteiger partial charge on any atom is 0.416 e. The molecule has 0 amide bonds. The van der Waals surface area contributed by atoms with E-state index < -0.39 is 11.7 Å². The molecule has 2 N–H and O–H groups in total. The molecule has 0 bridgehead atoms. The summed E-state index contributed by atoms with van der Waals surface area (Å²) in [7, 11) is 0. The van der Waals surface area contributed by atoms with E-state index in [9.17, 15) is 13.2 Å². The molecule has 1 aromatic heterocycles. The van der Waals surface area contributed by atoms with Gasteiger partial charge in [0.05, 0.1) is 15.9 Å². The zero-order chi connectivity index (χ0) is 16.6. The number of nitrogens with two attached hydrogens (primary N) is 1. The lowest BCUT2D eigenvalue weighted by atomic mass is 10.1. The minimum Gasteiger partial charge on any atom is -0.387 e. The molecule has 1 aliphatic rings. The summed E-state index contributed by atoms with van der Waals surface area (Å²) in [6.07, 6.45) is -2.72. The van der Waals surface area contributed by atoms with E-state index in [1.807, 2.05) is 12.1 Å². The maximum absolute atomic E-state index is 13.1. The molecule has 1 unspecified atom stereocenters. The second kappa shape index (κ2) is 6.18. The van der Waals surface area contributed by atoms with E-state index in [0.717, 1.165) is 14.7 Å². The number of benzene rings is 1. The van der Waals surface area contributed by atoms with Gasteiger partial charge >= 0.3 is 6.18 Å². The lowest BCUT2D eigenvalue weighted by molar-refractivity contribution is -0.144. The Morgan fingerprint density at radius 2 is 1.96 bits per heavy atom. The van der Waals surface area contributed by atoms with E-state index in [2.05, 4.69) is 15.9 Å². The van der Waals surface area contributed by atoms with Gasteiger partial charge in [-0.1, -0.05) is 18.2 Å². The first-order valence-electron chi connectivity index (χ1n) is 6.67. The fraction of sp³-hybridized carbons (Fsp3) is 0.200. The van der Waals surface area contributed by atoms with Gasteiger partial charge in [-0.2, -0.15) is 13.2 Å². The molecule has 1 aromatic carbocycles. The summed E-state index contributed by atoms with van der Waals surface area (Å²) >= 11 is 4.86. The molecule has 3 nitrogen and oxygen atoms in total. The smallest absolute Gasteiger partial charge is 0.387 e. The van der Waals surface area contributed by atoms with Gasteiger partial charge in [-0.25, -0.2) is 0 Å². The molecule has 1 atom stereocenters. The van der Waals surface area contributed by atoms with Crippen LogP contribution < -0.4 is 5.73 Å². The van der Waals surface area contributed by atoms with Gasteiger partial charge in [0.15, 0.2) is 0 Å². The number of nitrogens with zero attached hydrogens (tertiary/aromatic N) is 1. The van der Waals surface area contributed by atoms with Crippen LogP contribution in [-0.4, -0.2) is 5.06 Å². The molecular formula is C15H12BrF3N2OS. The summed E-state index contributed by atoms with van der Waals surface area (Å²) in [5, 5.41) is 1.46. The average Bonchev–Trinajstić information content (AvgIpc) is 3.04. The highest BCUT2D eigenvalue weighted by molar-refractivity contribution is 9.11. The van der Waals surface area contributed by atoms with Crippen molar-refractivity contribution in [1.82, 2.24) is 5.06 Å². The van der Waals surface area contributed by atoms with Crippen LogP contribution in [0.25, 0.3) is 0 Å². The van der Waals surface area contributed by atoms with Gasteiger partial charge in [-0.15, -0.1) is 16.4 Å². The van der Waals surface area contributed by atoms with Crippen LogP contribution in [0.5, 0.6) is 0 Å². The summed E-state index contributed by atoms with van der Waals surface area (Å²) in [4.78, 5) is 6.34. The number of rotatable bonds is 3. The van der Waals surface area contributed by atoms with Crippen LogP contribution in [0.4, 0.5) is 13.2 Å². The topological polar surface area (TPSA) is 38.5 Å². The third-order valence-electron chi connectivity index (χ3n) is 3.39. The van der Waals surface area contributed by atoms with Crippen molar-refractivity contribution in [1.29, 1.82) is 0 Å². The summed E-state index contributed by atoms with van der Waals surface area (Å²) in [6.45, 7) is -0.0208. The number of alkyl halides is 3. The summed E-state index contributed by atoms with van der Waals surface area (Å²) in [5.41, 5.74) is 5.18. The molecule has 23 heavy (non-hydrogen) atoms. The minimum absolute atomic E-state index is 0.0208. The van der Waals surface area contributed by atoms with Crippen molar-refractivity contribution < 1.29 is 18.0 Å². The second-order valence-electron chi connectivity index (χ2n) is 4.98. The van der Waals surface area contributed by atoms with E-state index in [0.29, 0.717) is 0 Å². The molecule has 0 aliphatic carbocycles. The van der Waals surface area contributed by atoms with Crippen LogP contribution in [0.1, 0.15) is 22.0 Å². The highest BCUT2D eigenvalue weighted by Gasteiger charge is 2.35. The summed E-state index contributed by atoms with van der Waals surface area (Å²) < 4.78 is 40.3. The minimum atomic E-state index is -4.41. The molecular weight excluding hydrogens is 393 g/mol. The molecule has 1 aliphatic heterocycles. The van der Waals surface area contributed by atoms with Crippen molar-refractivity contribution in [2.75, 3.05) is 0 Å². The molecule has 0 saturated carbocycles. The van der Waals surface area contributed by atoms with Crippen molar-refractivity contribution in [2.24, 2.45) is 5.73 Å². The Morgan fingerprint density at radius 3 is 2.61 bits per heavy atom. The molecule has 122 valence electrons. The first kappa shape index (κ1) is 16.4. The van der Waals surface area contributed by atoms with Crippen molar-refractivity contribution in [3.63, 3.8) is 0 Å². The van der Waals surface area contributed by atoms with Gasteiger partial charge in [0, 0.05) is 11.0 Å². The average molecular weight is 405 g/mol. The van der Waals surface area contributed by atoms with E-state index in [1.165, 1.54) is 28.5 Å². The molecule has 2 heterocycles. The van der Waals surface area contributed by atoms with Crippen LogP contribution in [0.3, 0.4) is 0 Å². The van der Waals surface area contributed by atoms with Crippen molar-refractivity contribution in [3.8, 4) is 0 Å². The van der Waals surface area contributed by atoms with Gasteiger partial charge in [-0.3, -0.25) is 0 Å². The highest BCUT2D eigenvalue weighted by atomic mass is 79.9. The zero-order valence-corrected chi connectivity index (χ0v) is 14.1. The first-order valence-corrected chi connectivity index (χ1v) is 8.28. The normalized spacial score (nSPS) is 18.8. The SMILES string of the molecule is NC1=CC(c2ccc(Br)s2)N(Cc2ccccc2C(F)(F)F)O1. The van der Waals surface area contributed by atoms with Crippen LogP contribution >= 0.6 is 27.3 Å². The van der Waals surface area contributed by atoms with E-state index >= 15 is 0 Å². The third kappa shape index (κ3) is 3.54. The zero-order valence-electron chi connectivity index (χ0n) is 11.7. The largest absolute Gasteiger partial charge is 0.416 e. The predicted molar refractivity (Wildman–Crippen MR) is 85.1 cm³/mol. The summed E-state index contributed by atoms with van der Waals surface area (Å²) in [5.74, 6) is 0.184. The Labute approximate surface area is 143 Å². The molecule has 8 heteroatoms. The number of hydrogen-bond acceptors (Lipinski definition) is 4. The van der Waals surface area contributed by atoms with Crippen LogP contribution in [0.2, 0.25) is 0 Å². The Hall–Kier alpha value is -1.51. The maximum atomic E-state index is 13.1. The summed E-state index contributed by atoms with van der Waals surface area (Å²) in [6, 6.07) is 8.92. The van der Waals surface area contributed by atoms with Crippen LogP contribution in [-0.2, 0) is 17.6 Å². The second-order valence-corrected chi connectivity index (χ2v) is 7.47. The highest BCUT2D eigenvalue weighted by Crippen LogP contribution is 2.38. The molecule has 0 spiro atoms. The van der Waals surface area contributed by atoms with Gasteiger partial charge < -0.3 is 10.6 Å². The lowest BCUT2D eigenvalue weighted by Crippen LogP contribution is -2.24. The monoisotopic (exact) mass is 404 g/mol. The van der Waals surface area contributed by atoms with Crippen LogP contribution in [0, 0.1) is 0 Å². The van der Waals surface area contributed by atoms with Gasteiger partial charge in [0.1, 0.15) is 6.04 Å². The van der Waals surface area contributed by atoms with E-state index in [4.69, 9.17) is 10.6 Å². The number of hydroxylamine groups is 2. The number of hydrogen-bond donors (Lipinski definition) is 1. The Kier molecular flexibility index (Phi) is 4.39. The molecule has 2 aromatic rings.